The lowest BCUT2D eigenvalue weighted by Gasteiger charge is -2.24. The number of nitrogen functional groups attached to an aromatic ring is 2. The molecule has 2 saturated heterocycles. The van der Waals surface area contributed by atoms with Crippen LogP contribution < -0.4 is 22.5 Å². The van der Waals surface area contributed by atoms with Crippen LogP contribution in [-0.2, 0) is 41.7 Å². The number of ether oxygens (including phenoxy) is 3. The number of phosphoric ester groups is 2. The van der Waals surface area contributed by atoms with Crippen LogP contribution in [-0.4, -0.2) is 122 Å². The fraction of sp³-hybridized carbons (Fsp3) is 0.655. The second kappa shape index (κ2) is 18.9. The number of nitrogens with zero attached hydrogens (tertiary/aromatic N) is 6. The molecule has 0 saturated carbocycles. The Labute approximate surface area is 327 Å². The van der Waals surface area contributed by atoms with Crippen molar-refractivity contribution in [3.63, 3.8) is 0 Å². The van der Waals surface area contributed by atoms with Gasteiger partial charge in [-0.1, -0.05) is 42.4 Å². The lowest BCUT2D eigenvalue weighted by Crippen LogP contribution is -2.38. The Kier molecular flexibility index (Phi) is 15.0. The number of carbonyl (C=O) groups is 1. The van der Waals surface area contributed by atoms with Crippen molar-refractivity contribution < 1.29 is 61.5 Å². The Morgan fingerprint density at radius 2 is 1.82 bits per heavy atom. The largest absolute Gasteiger partial charge is 0.472 e. The molecule has 0 radical (unpaired) electrons. The molecular formula is C29H45N9O14P2S2. The third kappa shape index (κ3) is 12.4. The predicted molar refractivity (Wildman–Crippen MR) is 202 cm³/mol. The fourth-order valence-corrected chi connectivity index (χ4v) is 9.15. The Morgan fingerprint density at radius 1 is 1.07 bits per heavy atom. The van der Waals surface area contributed by atoms with Gasteiger partial charge in [0.2, 0.25) is 0 Å². The summed E-state index contributed by atoms with van der Waals surface area (Å²) in [5.41, 5.74) is 11.0. The Balaban J connectivity index is 1.25. The number of rotatable bonds is 19. The van der Waals surface area contributed by atoms with Gasteiger partial charge in [0.15, 0.2) is 23.8 Å². The number of anilines is 2. The molecule has 0 amide bonds. The molecule has 0 aliphatic carbocycles. The zero-order chi connectivity index (χ0) is 40.8. The maximum atomic E-state index is 13.4. The monoisotopic (exact) mass is 869 g/mol. The normalized spacial score (nSPS) is 25.4. The van der Waals surface area contributed by atoms with Crippen LogP contribution in [0.3, 0.4) is 0 Å². The highest BCUT2D eigenvalue weighted by molar-refractivity contribution is 8.77. The molecule has 2 aliphatic rings. The first-order valence-electron chi connectivity index (χ1n) is 17.1. The highest BCUT2D eigenvalue weighted by Gasteiger charge is 2.49. The molecule has 0 spiro atoms. The van der Waals surface area contributed by atoms with Gasteiger partial charge in [-0.2, -0.15) is 4.98 Å². The summed E-state index contributed by atoms with van der Waals surface area (Å²) in [6.07, 6.45) is -5.77. The van der Waals surface area contributed by atoms with Crippen molar-refractivity contribution in [2.45, 2.75) is 87.8 Å². The molecular weight excluding hydrogens is 824 g/mol. The fourth-order valence-electron chi connectivity index (χ4n) is 5.63. The highest BCUT2D eigenvalue weighted by atomic mass is 33.1. The molecule has 312 valence electrons. The van der Waals surface area contributed by atoms with E-state index in [0.717, 1.165) is 16.9 Å². The molecule has 8 atom stereocenters. The molecule has 0 aromatic carbocycles. The summed E-state index contributed by atoms with van der Waals surface area (Å²) in [5.74, 6) is 0.171. The van der Waals surface area contributed by atoms with Crippen LogP contribution >= 0.6 is 37.2 Å². The molecule has 5 heterocycles. The van der Waals surface area contributed by atoms with Crippen molar-refractivity contribution in [2.75, 3.05) is 43.5 Å². The number of aliphatic hydroxyl groups excluding tert-OH is 1. The maximum Gasteiger partial charge on any atom is 0.472 e. The third-order valence-electron chi connectivity index (χ3n) is 8.06. The number of imidazole rings is 1. The number of phosphoric acid groups is 2. The number of hydrogen-bond acceptors (Lipinski definition) is 20. The van der Waals surface area contributed by atoms with Crippen molar-refractivity contribution in [1.82, 2.24) is 34.4 Å². The van der Waals surface area contributed by atoms with Crippen LogP contribution in [0.2, 0.25) is 0 Å². The van der Waals surface area contributed by atoms with Gasteiger partial charge in [0.1, 0.15) is 48.3 Å². The third-order valence-corrected chi connectivity index (χ3v) is 12.9. The van der Waals surface area contributed by atoms with E-state index in [1.807, 2.05) is 0 Å². The Bertz CT molecular complexity index is 1970. The van der Waals surface area contributed by atoms with E-state index in [4.69, 9.17) is 34.7 Å². The number of aromatic nitrogens is 6. The average Bonchev–Trinajstić information content (AvgIpc) is 3.79. The second-order valence-corrected chi connectivity index (χ2v) is 19.5. The summed E-state index contributed by atoms with van der Waals surface area (Å²) in [5, 5.41) is 14.7. The summed E-state index contributed by atoms with van der Waals surface area (Å²) in [4.78, 5) is 70.6. The zero-order valence-corrected chi connectivity index (χ0v) is 33.8. The Morgan fingerprint density at radius 3 is 2.54 bits per heavy atom. The van der Waals surface area contributed by atoms with Crippen LogP contribution in [0.15, 0.2) is 29.7 Å². The van der Waals surface area contributed by atoms with Crippen molar-refractivity contribution in [1.29, 1.82) is 0 Å². The van der Waals surface area contributed by atoms with Crippen LogP contribution in [0.4, 0.5) is 11.6 Å². The van der Waals surface area contributed by atoms with Crippen LogP contribution in [0.5, 0.6) is 0 Å². The minimum Gasteiger partial charge on any atom is -0.457 e. The first-order valence-corrected chi connectivity index (χ1v) is 22.5. The quantitative estimate of drug-likeness (QED) is 0.0380. The van der Waals surface area contributed by atoms with Gasteiger partial charge in [-0.05, 0) is 19.0 Å². The second-order valence-electron chi connectivity index (χ2n) is 13.6. The van der Waals surface area contributed by atoms with E-state index in [2.05, 4.69) is 50.5 Å². The van der Waals surface area contributed by atoms with E-state index in [9.17, 15) is 38.5 Å². The summed E-state index contributed by atoms with van der Waals surface area (Å²) in [7, 11) is -6.60. The van der Waals surface area contributed by atoms with Crippen molar-refractivity contribution >= 4 is 66.0 Å². The number of aliphatic hydroxyl groups is 1. The number of nitrogens with one attached hydrogen (secondary N) is 1. The molecule has 0 bridgehead atoms. The van der Waals surface area contributed by atoms with Gasteiger partial charge in [0, 0.05) is 36.1 Å². The number of fused-ring (bicyclic) bond motifs is 1. The number of hydrogen-bond donors (Lipinski definition) is 7. The van der Waals surface area contributed by atoms with Gasteiger partial charge in [-0.25, -0.2) is 28.9 Å². The SMILES string of the molecule is CC(C)(C)SSCCNCCCC(=O)O[C@@H]1C(COP(=O)(O)O[C@H]2C[C@H](n3ccc(N)nc3=O)O[C@@H]2COP(=O)(O)O)O[C@@H](n2cnc3c(N)ncnc32)[C@@H]1O. The molecule has 56 heavy (non-hydrogen) atoms. The first-order chi connectivity index (χ1) is 26.3. The molecule has 27 heteroatoms. The van der Waals surface area contributed by atoms with Crippen LogP contribution in [0, 0.1) is 0 Å². The lowest BCUT2D eigenvalue weighted by atomic mass is 10.1. The van der Waals surface area contributed by atoms with E-state index in [1.165, 1.54) is 29.5 Å². The molecule has 3 aromatic rings. The van der Waals surface area contributed by atoms with Gasteiger partial charge in [-0.3, -0.25) is 27.5 Å². The summed E-state index contributed by atoms with van der Waals surface area (Å²) >= 11 is 0. The minimum absolute atomic E-state index is 0.0226. The zero-order valence-electron chi connectivity index (χ0n) is 30.4. The summed E-state index contributed by atoms with van der Waals surface area (Å²) in [6.45, 7) is 6.08. The number of carbonyl (C=O) groups excluding carboxylic acids is 1. The average molecular weight is 870 g/mol. The maximum absolute atomic E-state index is 13.4. The van der Waals surface area contributed by atoms with Crippen LogP contribution in [0.1, 0.15) is 52.5 Å². The number of esters is 1. The molecule has 9 N–H and O–H groups in total. The summed E-state index contributed by atoms with van der Waals surface area (Å²) < 4.78 is 59.8. The van der Waals surface area contributed by atoms with E-state index in [0.29, 0.717) is 13.0 Å². The van der Waals surface area contributed by atoms with Crippen molar-refractivity contribution in [3.8, 4) is 0 Å². The van der Waals surface area contributed by atoms with Crippen LogP contribution in [0.25, 0.3) is 11.2 Å². The van der Waals surface area contributed by atoms with Crippen molar-refractivity contribution in [3.05, 3.63) is 35.4 Å². The molecule has 23 nitrogen and oxygen atoms in total. The smallest absolute Gasteiger partial charge is 0.457 e. The molecule has 2 aliphatic heterocycles. The first kappa shape index (κ1) is 44.4. The minimum atomic E-state index is -5.11. The molecule has 2 fully saturated rings. The standard InChI is InChI=1S/C29H45N9O14P2S2/c1-29(2,3)56-55-10-8-32-7-4-5-21(39)51-24-18(50-27(23(24)40)38-15-35-22-25(31)33-14-34-26(22)38)13-48-54(45,46)52-16-11-20(37-9-6-19(30)36-28(37)41)49-17(16)12-47-53(42,43)44/h6,9,14-18,20,23-24,27,32,40H,4-5,7-8,10-13H2,1-3H3,(H,45,46)(H2,30,36,41)(H2,31,33,34)(H2,42,43,44)/t16-,17+,18?,20+,23+,24+,27+/m0/s1. The van der Waals surface area contributed by atoms with E-state index in [1.54, 1.807) is 21.6 Å². The van der Waals surface area contributed by atoms with Crippen molar-refractivity contribution in [2.24, 2.45) is 0 Å². The lowest BCUT2D eigenvalue weighted by molar-refractivity contribution is -0.156. The predicted octanol–water partition coefficient (Wildman–Crippen LogP) is 0.866. The van der Waals surface area contributed by atoms with Gasteiger partial charge in [0.05, 0.1) is 19.5 Å². The van der Waals surface area contributed by atoms with E-state index in [-0.39, 0.29) is 40.4 Å². The topological polar surface area (TPSA) is 330 Å². The van der Waals surface area contributed by atoms with Gasteiger partial charge >= 0.3 is 27.3 Å². The van der Waals surface area contributed by atoms with E-state index < -0.39 is 83.5 Å². The summed E-state index contributed by atoms with van der Waals surface area (Å²) in [6, 6.07) is 1.30. The Hall–Kier alpha value is -2.74. The highest BCUT2D eigenvalue weighted by Crippen LogP contribution is 2.50. The molecule has 2 unspecified atom stereocenters. The van der Waals surface area contributed by atoms with Gasteiger partial charge in [0.25, 0.3) is 0 Å². The molecule has 5 rings (SSSR count). The van der Waals surface area contributed by atoms with E-state index >= 15 is 0 Å². The molecule has 3 aromatic heterocycles. The van der Waals surface area contributed by atoms with Gasteiger partial charge in [-0.15, -0.1) is 0 Å². The number of nitrogens with two attached hydrogens (primary N) is 2. The van der Waals surface area contributed by atoms with Gasteiger partial charge < -0.3 is 50.8 Å².